The second-order valence-electron chi connectivity index (χ2n) is 10.1. The van der Waals surface area contributed by atoms with Crippen LogP contribution in [-0.2, 0) is 19.1 Å². The Morgan fingerprint density at radius 1 is 0.476 bits per heavy atom. The summed E-state index contributed by atoms with van der Waals surface area (Å²) in [7, 11) is 0. The van der Waals surface area contributed by atoms with Gasteiger partial charge in [-0.25, -0.2) is 9.59 Å². The highest BCUT2D eigenvalue weighted by molar-refractivity contribution is 6.08. The topological polar surface area (TPSA) is 71.1 Å². The fourth-order valence-electron chi connectivity index (χ4n) is 4.26. The average molecular weight is 563 g/mol. The van der Waals surface area contributed by atoms with Crippen LogP contribution < -0.4 is 9.47 Å². The Labute approximate surface area is 246 Å². The van der Waals surface area contributed by atoms with Gasteiger partial charge in [-0.1, -0.05) is 73.8 Å². The number of rotatable bonds is 9. The quantitative estimate of drug-likeness (QED) is 0.115. The van der Waals surface area contributed by atoms with Crippen molar-refractivity contribution in [3.05, 3.63) is 120 Å². The number of allylic oxidation sites excluding steroid dienone is 4. The molecule has 0 aromatic heterocycles. The Hall–Kier alpha value is -5.10. The third-order valence-electron chi connectivity index (χ3n) is 6.76. The van der Waals surface area contributed by atoms with Crippen molar-refractivity contribution in [1.82, 2.24) is 0 Å². The van der Waals surface area contributed by atoms with Crippen LogP contribution in [0.2, 0.25) is 0 Å². The van der Waals surface area contributed by atoms with Gasteiger partial charge in [-0.3, -0.25) is 0 Å². The van der Waals surface area contributed by atoms with E-state index in [4.69, 9.17) is 18.9 Å². The van der Waals surface area contributed by atoms with Crippen LogP contribution in [0, 0.1) is 0 Å². The lowest BCUT2D eigenvalue weighted by Crippen LogP contribution is -2.06. The number of benzene rings is 4. The fraction of sp³-hybridized carbons (Fsp3) is 0.167. The smallest absolute Gasteiger partial charge is 0.338 e. The molecule has 0 unspecified atom stereocenters. The number of carbonyl (C=O) groups excluding carboxylic acids is 2. The summed E-state index contributed by atoms with van der Waals surface area (Å²) in [5.74, 6) is 1.97. The number of hydrogen-bond donors (Lipinski definition) is 0. The van der Waals surface area contributed by atoms with Crippen molar-refractivity contribution in [3.8, 4) is 22.6 Å². The zero-order valence-electron chi connectivity index (χ0n) is 24.8. The molecular weight excluding hydrogens is 528 g/mol. The van der Waals surface area contributed by atoms with Gasteiger partial charge < -0.3 is 18.9 Å². The summed E-state index contributed by atoms with van der Waals surface area (Å²) in [6.45, 7) is 17.3. The molecular formula is C36H34O6. The maximum atomic E-state index is 12.0. The molecule has 0 aliphatic heterocycles. The van der Waals surface area contributed by atoms with Crippen molar-refractivity contribution >= 4 is 33.5 Å². The van der Waals surface area contributed by atoms with Crippen molar-refractivity contribution in [3.63, 3.8) is 0 Å². The van der Waals surface area contributed by atoms with Gasteiger partial charge in [-0.2, -0.15) is 0 Å². The summed E-state index contributed by atoms with van der Waals surface area (Å²) in [6, 6.07) is 23.9. The molecule has 4 aromatic carbocycles. The van der Waals surface area contributed by atoms with Crippen LogP contribution in [0.5, 0.6) is 11.5 Å². The normalized spacial score (nSPS) is 12.2. The van der Waals surface area contributed by atoms with Crippen LogP contribution in [0.4, 0.5) is 0 Å². The lowest BCUT2D eigenvalue weighted by atomic mass is 9.93. The van der Waals surface area contributed by atoms with Crippen molar-refractivity contribution in [2.24, 2.45) is 0 Å². The molecule has 0 saturated heterocycles. The maximum Gasteiger partial charge on any atom is 0.338 e. The Morgan fingerprint density at radius 2 is 0.810 bits per heavy atom. The van der Waals surface area contributed by atoms with Crippen LogP contribution in [0.3, 0.4) is 0 Å². The summed E-state index contributed by atoms with van der Waals surface area (Å²) in [4.78, 5) is 23.9. The Bertz CT molecular complexity index is 1670. The standard InChI is InChI=1S/C36H34O6/c1-21(2)35(37)41-25(7)23(5)39-33-19-17-29(27-13-9-11-15-31(27)33)30-18-20-34(32-16-12-10-14-28(30)32)40-24(6)26(8)42-36(38)22(3)4/h9-20H,1,3H2,2,4-8H3/b25-23+,26-24+. The number of fused-ring (bicyclic) bond motifs is 2. The summed E-state index contributed by atoms with van der Waals surface area (Å²) < 4.78 is 23.1. The first-order valence-corrected chi connectivity index (χ1v) is 13.5. The molecule has 0 saturated carbocycles. The first-order valence-electron chi connectivity index (χ1n) is 13.5. The van der Waals surface area contributed by atoms with E-state index < -0.39 is 11.9 Å². The van der Waals surface area contributed by atoms with Crippen LogP contribution >= 0.6 is 0 Å². The van der Waals surface area contributed by atoms with E-state index in [0.717, 1.165) is 32.7 Å². The number of carbonyl (C=O) groups is 2. The molecule has 0 N–H and O–H groups in total. The molecule has 0 aliphatic carbocycles. The van der Waals surface area contributed by atoms with E-state index in [9.17, 15) is 9.59 Å². The monoisotopic (exact) mass is 562 g/mol. The highest BCUT2D eigenvalue weighted by atomic mass is 16.6. The molecule has 42 heavy (non-hydrogen) atoms. The highest BCUT2D eigenvalue weighted by Gasteiger charge is 2.16. The lowest BCUT2D eigenvalue weighted by molar-refractivity contribution is -0.136. The molecule has 0 amide bonds. The van der Waals surface area contributed by atoms with Gasteiger partial charge in [0.25, 0.3) is 0 Å². The van der Waals surface area contributed by atoms with E-state index in [0.29, 0.717) is 45.7 Å². The third kappa shape index (κ3) is 6.44. The molecule has 214 valence electrons. The molecule has 0 radical (unpaired) electrons. The minimum Gasteiger partial charge on any atom is -0.458 e. The Balaban J connectivity index is 1.75. The van der Waals surface area contributed by atoms with Crippen LogP contribution in [0.25, 0.3) is 32.7 Å². The molecule has 4 rings (SSSR count). The summed E-state index contributed by atoms with van der Waals surface area (Å²) in [5, 5.41) is 3.81. The van der Waals surface area contributed by atoms with Crippen molar-refractivity contribution in [2.75, 3.05) is 0 Å². The largest absolute Gasteiger partial charge is 0.458 e. The third-order valence-corrected chi connectivity index (χ3v) is 6.76. The van der Waals surface area contributed by atoms with E-state index in [1.165, 1.54) is 0 Å². The van der Waals surface area contributed by atoms with Gasteiger partial charge in [0.2, 0.25) is 0 Å². The summed E-state index contributed by atoms with van der Waals surface area (Å²) in [5.41, 5.74) is 2.67. The molecule has 6 nitrogen and oxygen atoms in total. The molecule has 6 heteroatoms. The number of ether oxygens (including phenoxy) is 4. The molecule has 0 spiro atoms. The first kappa shape index (κ1) is 29.9. The van der Waals surface area contributed by atoms with Gasteiger partial charge in [-0.15, -0.1) is 0 Å². The van der Waals surface area contributed by atoms with Crippen molar-refractivity contribution in [1.29, 1.82) is 0 Å². The zero-order valence-corrected chi connectivity index (χ0v) is 24.8. The molecule has 0 aliphatic rings. The number of esters is 2. The Kier molecular flexibility index (Phi) is 8.96. The minimum atomic E-state index is -0.497. The summed E-state index contributed by atoms with van der Waals surface area (Å²) in [6.07, 6.45) is 0. The zero-order chi connectivity index (χ0) is 30.6. The predicted molar refractivity (Wildman–Crippen MR) is 167 cm³/mol. The van der Waals surface area contributed by atoms with Crippen LogP contribution in [-0.4, -0.2) is 11.9 Å². The lowest BCUT2D eigenvalue weighted by Gasteiger charge is -2.17. The van der Waals surface area contributed by atoms with Crippen molar-refractivity contribution in [2.45, 2.75) is 41.5 Å². The molecule has 0 fully saturated rings. The molecule has 0 heterocycles. The van der Waals surface area contributed by atoms with Crippen molar-refractivity contribution < 1.29 is 28.5 Å². The van der Waals surface area contributed by atoms with Gasteiger partial charge in [0, 0.05) is 21.9 Å². The van der Waals surface area contributed by atoms with Gasteiger partial charge in [-0.05, 0) is 75.6 Å². The van der Waals surface area contributed by atoms with Gasteiger partial charge in [0.15, 0.2) is 0 Å². The molecule has 0 atom stereocenters. The van der Waals surface area contributed by atoms with Crippen LogP contribution in [0.1, 0.15) is 41.5 Å². The average Bonchev–Trinajstić information content (AvgIpc) is 2.97. The molecule has 4 aromatic rings. The van der Waals surface area contributed by atoms with Gasteiger partial charge >= 0.3 is 11.9 Å². The number of hydrogen-bond acceptors (Lipinski definition) is 6. The van der Waals surface area contributed by atoms with Crippen LogP contribution in [0.15, 0.2) is 120 Å². The Morgan fingerprint density at radius 3 is 1.14 bits per heavy atom. The van der Waals surface area contributed by atoms with E-state index in [1.807, 2.05) is 60.7 Å². The van der Waals surface area contributed by atoms with Gasteiger partial charge in [0.05, 0.1) is 0 Å². The second kappa shape index (κ2) is 12.6. The maximum absolute atomic E-state index is 12.0. The fourth-order valence-corrected chi connectivity index (χ4v) is 4.26. The summed E-state index contributed by atoms with van der Waals surface area (Å²) >= 11 is 0. The van der Waals surface area contributed by atoms with E-state index >= 15 is 0 Å². The van der Waals surface area contributed by atoms with E-state index in [-0.39, 0.29) is 0 Å². The highest BCUT2D eigenvalue weighted by Crippen LogP contribution is 2.41. The van der Waals surface area contributed by atoms with E-state index in [2.05, 4.69) is 25.3 Å². The molecule has 0 bridgehead atoms. The first-order chi connectivity index (χ1) is 20.0. The predicted octanol–water partition coefficient (Wildman–Crippen LogP) is 9.16. The van der Waals surface area contributed by atoms with E-state index in [1.54, 1.807) is 41.5 Å². The second-order valence-corrected chi connectivity index (χ2v) is 10.1. The van der Waals surface area contributed by atoms with Gasteiger partial charge in [0.1, 0.15) is 34.5 Å². The SMILES string of the molecule is C=C(C)C(=O)O/C(C)=C(\C)Oc1ccc(-c2ccc(O/C(C)=C(\C)OC(=O)C(=C)C)c3ccccc23)c2ccccc12. The minimum absolute atomic E-state index is 0.313.